The van der Waals surface area contributed by atoms with Crippen LogP contribution in [-0.2, 0) is 4.79 Å². The van der Waals surface area contributed by atoms with Gasteiger partial charge in [0, 0.05) is 15.6 Å². The fraction of sp³-hybridized carbons (Fsp3) is 0.0714. The van der Waals surface area contributed by atoms with Crippen molar-refractivity contribution in [2.45, 2.75) is 6.17 Å². The maximum absolute atomic E-state index is 13.8. The van der Waals surface area contributed by atoms with Gasteiger partial charge >= 0.3 is 5.97 Å². The van der Waals surface area contributed by atoms with E-state index in [9.17, 15) is 13.6 Å². The first kappa shape index (κ1) is 15.7. The maximum Gasteiger partial charge on any atom is 0.343 e. The number of carboxylic acid groups (broad SMARTS) is 1. The van der Waals surface area contributed by atoms with Gasteiger partial charge in [-0.1, -0.05) is 33.6 Å². The average Bonchev–Trinajstić information content (AvgIpc) is 2.36. The van der Waals surface area contributed by atoms with Crippen molar-refractivity contribution in [1.82, 2.24) is 0 Å². The SMILES string of the molecule is O=C(O)C(F)c1c(Br)cccc1Oc1cc(F)cc(Cl)c1. The van der Waals surface area contributed by atoms with Gasteiger partial charge < -0.3 is 9.84 Å². The topological polar surface area (TPSA) is 46.5 Å². The molecule has 2 aromatic rings. The van der Waals surface area contributed by atoms with Crippen LogP contribution in [0.5, 0.6) is 11.5 Å². The summed E-state index contributed by atoms with van der Waals surface area (Å²) in [7, 11) is 0. The van der Waals surface area contributed by atoms with Gasteiger partial charge in [0.15, 0.2) is 0 Å². The van der Waals surface area contributed by atoms with Crippen molar-refractivity contribution in [3.05, 3.63) is 57.3 Å². The highest BCUT2D eigenvalue weighted by atomic mass is 79.9. The largest absolute Gasteiger partial charge is 0.479 e. The Kier molecular flexibility index (Phi) is 4.80. The van der Waals surface area contributed by atoms with Crippen molar-refractivity contribution >= 4 is 33.5 Å². The molecule has 0 aliphatic heterocycles. The monoisotopic (exact) mass is 376 g/mol. The van der Waals surface area contributed by atoms with E-state index in [0.717, 1.165) is 12.1 Å². The molecule has 0 aliphatic carbocycles. The second-order valence-electron chi connectivity index (χ2n) is 4.06. The molecule has 0 saturated heterocycles. The third-order valence-electron chi connectivity index (χ3n) is 2.55. The zero-order valence-electron chi connectivity index (χ0n) is 10.3. The third-order valence-corrected chi connectivity index (χ3v) is 3.46. The number of benzene rings is 2. The first-order chi connectivity index (χ1) is 9.88. The summed E-state index contributed by atoms with van der Waals surface area (Å²) in [5.41, 5.74) is -0.189. The summed E-state index contributed by atoms with van der Waals surface area (Å²) in [5, 5.41) is 8.91. The molecular formula is C14H8BrClF2O3. The molecule has 0 amide bonds. The molecule has 21 heavy (non-hydrogen) atoms. The van der Waals surface area contributed by atoms with Crippen LogP contribution in [0.2, 0.25) is 5.02 Å². The summed E-state index contributed by atoms with van der Waals surface area (Å²) >= 11 is 8.78. The van der Waals surface area contributed by atoms with Crippen LogP contribution < -0.4 is 4.74 Å². The van der Waals surface area contributed by atoms with Crippen LogP contribution >= 0.6 is 27.5 Å². The molecule has 110 valence electrons. The molecule has 0 saturated carbocycles. The molecule has 0 heterocycles. The lowest BCUT2D eigenvalue weighted by Crippen LogP contribution is -2.08. The first-order valence-electron chi connectivity index (χ1n) is 5.67. The smallest absolute Gasteiger partial charge is 0.343 e. The maximum atomic E-state index is 13.8. The minimum absolute atomic E-state index is 0.0388. The lowest BCUT2D eigenvalue weighted by molar-refractivity contribution is -0.143. The van der Waals surface area contributed by atoms with Gasteiger partial charge in [-0.15, -0.1) is 0 Å². The van der Waals surface area contributed by atoms with Crippen LogP contribution in [0.4, 0.5) is 8.78 Å². The second kappa shape index (κ2) is 6.41. The Morgan fingerprint density at radius 2 is 2.05 bits per heavy atom. The summed E-state index contributed by atoms with van der Waals surface area (Å²) < 4.78 is 32.7. The van der Waals surface area contributed by atoms with Gasteiger partial charge in [-0.3, -0.25) is 0 Å². The number of ether oxygens (including phenoxy) is 1. The fourth-order valence-corrected chi connectivity index (χ4v) is 2.45. The predicted octanol–water partition coefficient (Wildman–Crippen LogP) is 5.13. The standard InChI is InChI=1S/C14H8BrClF2O3/c15-10-2-1-3-11(12(10)13(18)14(19)20)21-9-5-7(16)4-8(17)6-9/h1-6,13H,(H,19,20). The van der Waals surface area contributed by atoms with Crippen molar-refractivity contribution in [3.8, 4) is 11.5 Å². The van der Waals surface area contributed by atoms with Crippen LogP contribution in [0.25, 0.3) is 0 Å². The summed E-state index contributed by atoms with van der Waals surface area (Å²) in [6, 6.07) is 7.89. The Hall–Kier alpha value is -1.66. The highest BCUT2D eigenvalue weighted by Crippen LogP contribution is 2.37. The van der Waals surface area contributed by atoms with E-state index in [1.807, 2.05) is 0 Å². The lowest BCUT2D eigenvalue weighted by Gasteiger charge is -2.14. The summed E-state index contributed by atoms with van der Waals surface area (Å²) in [6.07, 6.45) is -2.28. The summed E-state index contributed by atoms with van der Waals surface area (Å²) in [5.74, 6) is -2.27. The number of carbonyl (C=O) groups is 1. The quantitative estimate of drug-likeness (QED) is 0.803. The van der Waals surface area contributed by atoms with Crippen LogP contribution in [0.1, 0.15) is 11.7 Å². The van der Waals surface area contributed by atoms with E-state index in [-0.39, 0.29) is 26.6 Å². The van der Waals surface area contributed by atoms with Gasteiger partial charge in [0.2, 0.25) is 6.17 Å². The number of carboxylic acids is 1. The van der Waals surface area contributed by atoms with E-state index in [2.05, 4.69) is 15.9 Å². The van der Waals surface area contributed by atoms with Crippen molar-refractivity contribution in [1.29, 1.82) is 0 Å². The molecular weight excluding hydrogens is 370 g/mol. The molecule has 0 fully saturated rings. The molecule has 7 heteroatoms. The van der Waals surface area contributed by atoms with Crippen LogP contribution in [-0.4, -0.2) is 11.1 Å². The molecule has 0 aromatic heterocycles. The average molecular weight is 378 g/mol. The first-order valence-corrected chi connectivity index (χ1v) is 6.85. The van der Waals surface area contributed by atoms with Gasteiger partial charge in [0.05, 0.1) is 5.56 Å². The molecule has 2 aromatic carbocycles. The van der Waals surface area contributed by atoms with Gasteiger partial charge in [0.1, 0.15) is 17.3 Å². The van der Waals surface area contributed by atoms with Gasteiger partial charge in [-0.05, 0) is 24.3 Å². The predicted molar refractivity (Wildman–Crippen MR) is 77.1 cm³/mol. The van der Waals surface area contributed by atoms with E-state index >= 15 is 0 Å². The van der Waals surface area contributed by atoms with E-state index in [1.165, 1.54) is 18.2 Å². The molecule has 0 bridgehead atoms. The molecule has 0 spiro atoms. The normalized spacial score (nSPS) is 12.0. The minimum Gasteiger partial charge on any atom is -0.479 e. The fourth-order valence-electron chi connectivity index (χ4n) is 1.69. The minimum atomic E-state index is -2.28. The Bertz CT molecular complexity index is 674. The molecule has 0 radical (unpaired) electrons. The van der Waals surface area contributed by atoms with Crippen molar-refractivity contribution in [2.75, 3.05) is 0 Å². The number of rotatable bonds is 4. The summed E-state index contributed by atoms with van der Waals surface area (Å²) in [6.45, 7) is 0. The second-order valence-corrected chi connectivity index (χ2v) is 5.35. The molecule has 1 unspecified atom stereocenters. The van der Waals surface area contributed by atoms with E-state index in [0.29, 0.717) is 0 Å². The third kappa shape index (κ3) is 3.71. The van der Waals surface area contributed by atoms with Gasteiger partial charge in [0.25, 0.3) is 0 Å². The van der Waals surface area contributed by atoms with Crippen LogP contribution in [0.15, 0.2) is 40.9 Å². The number of aliphatic carboxylic acids is 1. The van der Waals surface area contributed by atoms with E-state index < -0.39 is 18.0 Å². The van der Waals surface area contributed by atoms with Crippen molar-refractivity contribution in [3.63, 3.8) is 0 Å². The highest BCUT2D eigenvalue weighted by Gasteiger charge is 2.25. The summed E-state index contributed by atoms with van der Waals surface area (Å²) in [4.78, 5) is 10.8. The van der Waals surface area contributed by atoms with Gasteiger partial charge in [-0.25, -0.2) is 13.6 Å². The zero-order chi connectivity index (χ0) is 15.6. The number of hydrogen-bond acceptors (Lipinski definition) is 2. The van der Waals surface area contributed by atoms with E-state index in [4.69, 9.17) is 21.4 Å². The lowest BCUT2D eigenvalue weighted by atomic mass is 10.1. The zero-order valence-corrected chi connectivity index (χ0v) is 12.7. The molecule has 1 atom stereocenters. The highest BCUT2D eigenvalue weighted by molar-refractivity contribution is 9.10. The van der Waals surface area contributed by atoms with Gasteiger partial charge in [-0.2, -0.15) is 0 Å². The Labute approximate surface area is 132 Å². The Morgan fingerprint density at radius 1 is 1.33 bits per heavy atom. The van der Waals surface area contributed by atoms with Crippen LogP contribution in [0, 0.1) is 5.82 Å². The number of halogens is 4. The molecule has 1 N–H and O–H groups in total. The Morgan fingerprint density at radius 3 is 2.67 bits per heavy atom. The number of hydrogen-bond donors (Lipinski definition) is 1. The Balaban J connectivity index is 2.44. The van der Waals surface area contributed by atoms with E-state index in [1.54, 1.807) is 6.07 Å². The molecule has 0 aliphatic rings. The van der Waals surface area contributed by atoms with Crippen molar-refractivity contribution in [2.24, 2.45) is 0 Å². The number of alkyl halides is 1. The van der Waals surface area contributed by atoms with Crippen molar-refractivity contribution < 1.29 is 23.4 Å². The molecule has 2 rings (SSSR count). The van der Waals surface area contributed by atoms with Crippen LogP contribution in [0.3, 0.4) is 0 Å². The molecule has 3 nitrogen and oxygen atoms in total.